The number of hydrogen-bond acceptors (Lipinski definition) is 5. The van der Waals surface area contributed by atoms with Crippen LogP contribution >= 0.6 is 0 Å². The molecule has 216 valence electrons. The maximum absolute atomic E-state index is 13.0. The van der Waals surface area contributed by atoms with Crippen molar-refractivity contribution in [1.29, 1.82) is 0 Å². The van der Waals surface area contributed by atoms with Gasteiger partial charge in [-0.2, -0.15) is 0 Å². The highest BCUT2D eigenvalue weighted by Crippen LogP contribution is 2.39. The van der Waals surface area contributed by atoms with Gasteiger partial charge in [0.25, 0.3) is 8.32 Å². The minimum Gasteiger partial charge on any atom is -0.444 e. The average Bonchev–Trinajstić information content (AvgIpc) is 2.81. The highest BCUT2D eigenvalue weighted by Gasteiger charge is 2.51. The van der Waals surface area contributed by atoms with Gasteiger partial charge in [-0.25, -0.2) is 4.79 Å². The number of nitrogens with one attached hydrogen (secondary N) is 1. The van der Waals surface area contributed by atoms with Crippen LogP contribution in [0.3, 0.4) is 0 Å². The molecular formula is C31H49NO5Si2. The summed E-state index contributed by atoms with van der Waals surface area (Å²) in [5.74, 6) is 0. The molecule has 2 aromatic rings. The molecular weight excluding hydrogens is 523 g/mol. The lowest BCUT2D eigenvalue weighted by molar-refractivity contribution is -0.115. The van der Waals surface area contributed by atoms with Gasteiger partial charge in [0, 0.05) is 0 Å². The first kappa shape index (κ1) is 32.9. The van der Waals surface area contributed by atoms with Crippen molar-refractivity contribution in [3.63, 3.8) is 0 Å². The van der Waals surface area contributed by atoms with E-state index in [9.17, 15) is 9.59 Å². The topological polar surface area (TPSA) is 73.9 Å². The lowest BCUT2D eigenvalue weighted by Crippen LogP contribution is -2.68. The molecule has 6 nitrogen and oxygen atoms in total. The second-order valence-corrected chi connectivity index (χ2v) is 22.8. The smallest absolute Gasteiger partial charge is 0.408 e. The van der Waals surface area contributed by atoms with Crippen molar-refractivity contribution in [2.45, 2.75) is 103 Å². The Morgan fingerprint density at radius 2 is 1.28 bits per heavy atom. The van der Waals surface area contributed by atoms with Gasteiger partial charge in [-0.1, -0.05) is 102 Å². The first-order chi connectivity index (χ1) is 17.8. The van der Waals surface area contributed by atoms with Gasteiger partial charge in [-0.15, -0.1) is 0 Å². The Hall–Kier alpha value is -2.27. The monoisotopic (exact) mass is 571 g/mol. The van der Waals surface area contributed by atoms with E-state index >= 15 is 0 Å². The molecule has 1 N–H and O–H groups in total. The zero-order chi connectivity index (χ0) is 29.7. The van der Waals surface area contributed by atoms with E-state index in [4.69, 9.17) is 13.6 Å². The minimum absolute atomic E-state index is 0.0879. The van der Waals surface area contributed by atoms with Crippen LogP contribution in [0.25, 0.3) is 0 Å². The largest absolute Gasteiger partial charge is 0.444 e. The van der Waals surface area contributed by atoms with Crippen LogP contribution in [0.15, 0.2) is 60.7 Å². The molecule has 0 radical (unpaired) electrons. The summed E-state index contributed by atoms with van der Waals surface area (Å²) >= 11 is 0. The third kappa shape index (κ3) is 8.36. The lowest BCUT2D eigenvalue weighted by Gasteiger charge is -2.44. The van der Waals surface area contributed by atoms with Crippen LogP contribution in [-0.4, -0.2) is 53.4 Å². The fourth-order valence-corrected chi connectivity index (χ4v) is 10.2. The summed E-state index contributed by atoms with van der Waals surface area (Å²) in [6.45, 7) is 22.6. The fraction of sp³-hybridized carbons (Fsp3) is 0.548. The van der Waals surface area contributed by atoms with E-state index in [1.807, 2.05) is 57.2 Å². The summed E-state index contributed by atoms with van der Waals surface area (Å²) in [5.41, 5.74) is -0.690. The number of aldehydes is 1. The molecule has 0 saturated heterocycles. The standard InChI is InChI=1S/C31H49NO5Si2/c1-29(2,3)36-28(34)32-26(27(22-33)37-38(10,11)30(4,5)6)23-35-39(31(7,8)9,24-18-14-12-15-19-24)25-20-16-13-17-21-25/h12-22,26-27H,23H2,1-11H3,(H,32,34)/t26-,27+/m0/s1. The summed E-state index contributed by atoms with van der Waals surface area (Å²) in [6.07, 6.45) is -0.710. The van der Waals surface area contributed by atoms with Crippen molar-refractivity contribution in [2.75, 3.05) is 6.61 Å². The molecule has 0 fully saturated rings. The summed E-state index contributed by atoms with van der Waals surface area (Å²) in [6, 6.07) is 19.8. The summed E-state index contributed by atoms with van der Waals surface area (Å²) in [4.78, 5) is 25.5. The van der Waals surface area contributed by atoms with E-state index in [0.717, 1.165) is 16.7 Å². The van der Waals surface area contributed by atoms with Crippen LogP contribution in [-0.2, 0) is 18.4 Å². The molecule has 0 aromatic heterocycles. The maximum Gasteiger partial charge on any atom is 0.408 e. The first-order valence-corrected chi connectivity index (χ1v) is 18.5. The summed E-state index contributed by atoms with van der Waals surface area (Å²) < 4.78 is 19.2. The molecule has 0 aliphatic rings. The number of rotatable bonds is 10. The molecule has 0 saturated carbocycles. The van der Waals surface area contributed by atoms with Crippen LogP contribution in [0, 0.1) is 0 Å². The molecule has 0 bridgehead atoms. The van der Waals surface area contributed by atoms with Gasteiger partial charge in [0.1, 0.15) is 18.0 Å². The predicted octanol–water partition coefficient (Wildman–Crippen LogP) is 6.05. The second-order valence-electron chi connectivity index (χ2n) is 13.7. The number of benzene rings is 2. The SMILES string of the molecule is CC(C)(C)OC(=O)N[C@@H](CO[Si](c1ccccc1)(c1ccccc1)C(C)(C)C)[C@@H](C=O)O[Si](C)(C)C(C)(C)C. The highest BCUT2D eigenvalue weighted by atomic mass is 28.4. The Morgan fingerprint density at radius 1 is 0.821 bits per heavy atom. The van der Waals surface area contributed by atoms with E-state index in [2.05, 4.69) is 84.2 Å². The summed E-state index contributed by atoms with van der Waals surface area (Å²) in [5, 5.41) is 4.78. The molecule has 2 rings (SSSR count). The van der Waals surface area contributed by atoms with E-state index in [0.29, 0.717) is 0 Å². The van der Waals surface area contributed by atoms with Crippen LogP contribution in [0.4, 0.5) is 4.79 Å². The number of ether oxygens (including phenoxy) is 1. The molecule has 0 spiro atoms. The third-order valence-electron chi connectivity index (χ3n) is 7.37. The quantitative estimate of drug-likeness (QED) is 0.278. The number of carbonyl (C=O) groups excluding carboxylic acids is 2. The van der Waals surface area contributed by atoms with Crippen molar-refractivity contribution in [1.82, 2.24) is 5.32 Å². The van der Waals surface area contributed by atoms with Gasteiger partial charge in [-0.05, 0) is 54.3 Å². The van der Waals surface area contributed by atoms with Crippen LogP contribution in [0.1, 0.15) is 62.3 Å². The third-order valence-corrected chi connectivity index (χ3v) is 16.8. The van der Waals surface area contributed by atoms with Gasteiger partial charge >= 0.3 is 6.09 Å². The minimum atomic E-state index is -2.92. The van der Waals surface area contributed by atoms with E-state index in [1.165, 1.54) is 0 Å². The Balaban J connectivity index is 2.59. The Morgan fingerprint density at radius 3 is 1.64 bits per heavy atom. The zero-order valence-corrected chi connectivity index (χ0v) is 27.8. The van der Waals surface area contributed by atoms with E-state index in [1.54, 1.807) is 0 Å². The molecule has 39 heavy (non-hydrogen) atoms. The van der Waals surface area contributed by atoms with Gasteiger partial charge in [0.15, 0.2) is 8.32 Å². The van der Waals surface area contributed by atoms with E-state index in [-0.39, 0.29) is 16.7 Å². The van der Waals surface area contributed by atoms with Crippen LogP contribution in [0.5, 0.6) is 0 Å². The van der Waals surface area contributed by atoms with Gasteiger partial charge in [0.05, 0.1) is 12.6 Å². The van der Waals surface area contributed by atoms with E-state index < -0.39 is 40.5 Å². The number of amides is 1. The number of alkyl carbamates (subject to hydrolysis) is 1. The molecule has 0 aliphatic carbocycles. The molecule has 8 heteroatoms. The molecule has 2 aromatic carbocycles. The highest BCUT2D eigenvalue weighted by molar-refractivity contribution is 6.99. The number of carbonyl (C=O) groups is 2. The fourth-order valence-electron chi connectivity index (χ4n) is 4.38. The second kappa shape index (κ2) is 12.5. The molecule has 1 amide bonds. The molecule has 2 atom stereocenters. The maximum atomic E-state index is 13.0. The van der Waals surface area contributed by atoms with Gasteiger partial charge < -0.3 is 23.7 Å². The predicted molar refractivity (Wildman–Crippen MR) is 165 cm³/mol. The Kier molecular flexibility index (Phi) is 10.6. The van der Waals surface area contributed by atoms with Gasteiger partial charge in [-0.3, -0.25) is 0 Å². The van der Waals surface area contributed by atoms with Crippen molar-refractivity contribution < 1.29 is 23.2 Å². The summed E-state index contributed by atoms with van der Waals surface area (Å²) in [7, 11) is -5.27. The normalized spacial score (nSPS) is 14.8. The van der Waals surface area contributed by atoms with Crippen molar-refractivity contribution in [3.8, 4) is 0 Å². The van der Waals surface area contributed by atoms with Crippen molar-refractivity contribution >= 4 is 39.4 Å². The lowest BCUT2D eigenvalue weighted by atomic mass is 10.2. The Labute approximate surface area is 238 Å². The van der Waals surface area contributed by atoms with Crippen LogP contribution < -0.4 is 15.7 Å². The van der Waals surface area contributed by atoms with Crippen molar-refractivity contribution in [2.24, 2.45) is 0 Å². The average molecular weight is 572 g/mol. The van der Waals surface area contributed by atoms with Crippen LogP contribution in [0.2, 0.25) is 23.2 Å². The molecule has 0 unspecified atom stereocenters. The first-order valence-electron chi connectivity index (χ1n) is 13.7. The zero-order valence-electron chi connectivity index (χ0n) is 25.8. The van der Waals surface area contributed by atoms with Gasteiger partial charge in [0.2, 0.25) is 0 Å². The molecule has 0 heterocycles. The molecule has 0 aliphatic heterocycles. The Bertz CT molecular complexity index is 1030. The van der Waals surface area contributed by atoms with Crippen molar-refractivity contribution in [3.05, 3.63) is 60.7 Å². The number of hydrogen-bond donors (Lipinski definition) is 1.